The van der Waals surface area contributed by atoms with Crippen LogP contribution in [0.25, 0.3) is 11.0 Å². The number of nitrogens with one attached hydrogen (secondary N) is 2. The molecule has 2 aliphatic rings. The van der Waals surface area contributed by atoms with Gasteiger partial charge in [-0.3, -0.25) is 14.5 Å². The Labute approximate surface area is 202 Å². The Kier molecular flexibility index (Phi) is 5.62. The molecule has 9 heteroatoms. The normalized spacial score (nSPS) is 21.1. The van der Waals surface area contributed by atoms with E-state index in [0.29, 0.717) is 23.7 Å². The third kappa shape index (κ3) is 4.07. The van der Waals surface area contributed by atoms with E-state index in [4.69, 9.17) is 13.9 Å². The summed E-state index contributed by atoms with van der Waals surface area (Å²) < 4.78 is 17.4. The standard InChI is InChI=1S/C26H27N3O6/c1-4-33-20-10-17-9-15(2)34-21(17)11-18(20)13-27-23(30)14-29-24(31)26(3,28-25(29)32)22-12-16-7-5-6-8-19(16)35-22/h5-8,10-12,15H,4,9,13-14H2,1-3H3,(H,27,30)(H,28,32). The second-order valence-electron chi connectivity index (χ2n) is 9.00. The smallest absolute Gasteiger partial charge is 0.325 e. The van der Waals surface area contributed by atoms with Gasteiger partial charge in [-0.25, -0.2) is 4.79 Å². The molecule has 2 aromatic carbocycles. The first-order valence-electron chi connectivity index (χ1n) is 11.6. The van der Waals surface area contributed by atoms with Crippen LogP contribution in [0.4, 0.5) is 4.79 Å². The highest BCUT2D eigenvalue weighted by molar-refractivity contribution is 6.09. The molecule has 9 nitrogen and oxygen atoms in total. The summed E-state index contributed by atoms with van der Waals surface area (Å²) in [7, 11) is 0. The lowest BCUT2D eigenvalue weighted by Gasteiger charge is -2.19. The minimum absolute atomic E-state index is 0.0880. The lowest BCUT2D eigenvalue weighted by molar-refractivity contribution is -0.135. The maximum Gasteiger partial charge on any atom is 0.325 e. The van der Waals surface area contributed by atoms with Crippen molar-refractivity contribution in [3.63, 3.8) is 0 Å². The molecule has 4 amide bonds. The van der Waals surface area contributed by atoms with Gasteiger partial charge < -0.3 is 24.5 Å². The average Bonchev–Trinajstić information content (AvgIpc) is 3.48. The van der Waals surface area contributed by atoms with E-state index in [9.17, 15) is 14.4 Å². The van der Waals surface area contributed by atoms with Crippen LogP contribution in [0.5, 0.6) is 11.5 Å². The van der Waals surface area contributed by atoms with E-state index in [1.165, 1.54) is 0 Å². The van der Waals surface area contributed by atoms with Gasteiger partial charge in [0.05, 0.1) is 6.61 Å². The summed E-state index contributed by atoms with van der Waals surface area (Å²) in [5.74, 6) is 0.748. The maximum absolute atomic E-state index is 13.2. The predicted octanol–water partition coefficient (Wildman–Crippen LogP) is 3.24. The second-order valence-corrected chi connectivity index (χ2v) is 9.00. The van der Waals surface area contributed by atoms with Crippen LogP contribution >= 0.6 is 0 Å². The molecular weight excluding hydrogens is 450 g/mol. The number of benzene rings is 2. The van der Waals surface area contributed by atoms with Crippen LogP contribution in [0.2, 0.25) is 0 Å². The molecule has 3 aromatic rings. The first-order valence-corrected chi connectivity index (χ1v) is 11.6. The van der Waals surface area contributed by atoms with Crippen molar-refractivity contribution in [1.82, 2.24) is 15.5 Å². The summed E-state index contributed by atoms with van der Waals surface area (Å²) in [4.78, 5) is 39.4. The lowest BCUT2D eigenvalue weighted by atomic mass is 9.99. The molecule has 3 heterocycles. The second kappa shape index (κ2) is 8.65. The molecule has 1 saturated heterocycles. The zero-order chi connectivity index (χ0) is 24.7. The molecular formula is C26H27N3O6. The molecule has 182 valence electrons. The molecule has 2 unspecified atom stereocenters. The highest BCUT2D eigenvalue weighted by Crippen LogP contribution is 2.35. The number of ether oxygens (including phenoxy) is 2. The number of carbonyl (C=O) groups is 3. The van der Waals surface area contributed by atoms with Crippen LogP contribution in [0, 0.1) is 0 Å². The van der Waals surface area contributed by atoms with Crippen molar-refractivity contribution in [1.29, 1.82) is 0 Å². The van der Waals surface area contributed by atoms with Crippen LogP contribution < -0.4 is 20.1 Å². The van der Waals surface area contributed by atoms with Gasteiger partial charge in [-0.2, -0.15) is 0 Å². The summed E-state index contributed by atoms with van der Waals surface area (Å²) in [5.41, 5.74) is 1.05. The number of urea groups is 1. The fourth-order valence-electron chi connectivity index (χ4n) is 4.54. The predicted molar refractivity (Wildman–Crippen MR) is 127 cm³/mol. The summed E-state index contributed by atoms with van der Waals surface area (Å²) in [6.45, 7) is 5.71. The lowest BCUT2D eigenvalue weighted by Crippen LogP contribution is -2.43. The van der Waals surface area contributed by atoms with Crippen molar-refractivity contribution in [2.24, 2.45) is 0 Å². The van der Waals surface area contributed by atoms with Crippen molar-refractivity contribution in [3.05, 3.63) is 59.4 Å². The van der Waals surface area contributed by atoms with Gasteiger partial charge in [0.25, 0.3) is 5.91 Å². The SMILES string of the molecule is CCOc1cc2c(cc1CNC(=O)CN1C(=O)NC(C)(c3cc4ccccc4o3)C1=O)OC(C)C2. The number of para-hydroxylation sites is 1. The number of furan rings is 1. The van der Waals surface area contributed by atoms with Gasteiger partial charge in [0, 0.05) is 29.5 Å². The van der Waals surface area contributed by atoms with Gasteiger partial charge >= 0.3 is 6.03 Å². The number of hydrogen-bond acceptors (Lipinski definition) is 6. The molecule has 0 spiro atoms. The highest BCUT2D eigenvalue weighted by Gasteiger charge is 2.51. The van der Waals surface area contributed by atoms with E-state index in [1.54, 1.807) is 19.1 Å². The van der Waals surface area contributed by atoms with Crippen molar-refractivity contribution >= 4 is 28.8 Å². The molecule has 1 aromatic heterocycles. The summed E-state index contributed by atoms with van der Waals surface area (Å²) in [5, 5.41) is 6.28. The van der Waals surface area contributed by atoms with E-state index < -0.39 is 29.9 Å². The summed E-state index contributed by atoms with van der Waals surface area (Å²) >= 11 is 0. The number of rotatable bonds is 7. The Morgan fingerprint density at radius 1 is 1.26 bits per heavy atom. The van der Waals surface area contributed by atoms with Crippen LogP contribution in [-0.4, -0.2) is 42.0 Å². The van der Waals surface area contributed by atoms with E-state index in [0.717, 1.165) is 33.6 Å². The Bertz CT molecular complexity index is 1300. The fraction of sp³-hybridized carbons (Fsp3) is 0.346. The monoisotopic (exact) mass is 477 g/mol. The zero-order valence-electron chi connectivity index (χ0n) is 19.8. The number of fused-ring (bicyclic) bond motifs is 2. The first-order chi connectivity index (χ1) is 16.8. The van der Waals surface area contributed by atoms with Gasteiger partial charge in [0.15, 0.2) is 5.54 Å². The van der Waals surface area contributed by atoms with E-state index in [-0.39, 0.29) is 12.6 Å². The maximum atomic E-state index is 13.2. The quantitative estimate of drug-likeness (QED) is 0.506. The topological polar surface area (TPSA) is 110 Å². The van der Waals surface area contributed by atoms with Gasteiger partial charge in [0.1, 0.15) is 35.5 Å². The highest BCUT2D eigenvalue weighted by atomic mass is 16.5. The van der Waals surface area contributed by atoms with Crippen LogP contribution in [0.1, 0.15) is 37.7 Å². The minimum atomic E-state index is -1.40. The first kappa shape index (κ1) is 22.8. The molecule has 0 bridgehead atoms. The van der Waals surface area contributed by atoms with E-state index >= 15 is 0 Å². The molecule has 2 atom stereocenters. The summed E-state index contributed by atoms with van der Waals surface area (Å²) in [6.07, 6.45) is 0.892. The Balaban J connectivity index is 1.28. The number of nitrogens with zero attached hydrogens (tertiary/aromatic N) is 1. The van der Waals surface area contributed by atoms with Gasteiger partial charge in [-0.05, 0) is 45.0 Å². The number of imide groups is 1. The average molecular weight is 478 g/mol. The van der Waals surface area contributed by atoms with E-state index in [1.807, 2.05) is 44.2 Å². The largest absolute Gasteiger partial charge is 0.494 e. The number of hydrogen-bond donors (Lipinski definition) is 2. The third-order valence-corrected chi connectivity index (χ3v) is 6.35. The van der Waals surface area contributed by atoms with Crippen LogP contribution in [0.3, 0.4) is 0 Å². The van der Waals surface area contributed by atoms with Crippen LogP contribution in [0.15, 0.2) is 46.9 Å². The number of carbonyl (C=O) groups excluding carboxylic acids is 3. The van der Waals surface area contributed by atoms with Crippen molar-refractivity contribution in [2.75, 3.05) is 13.2 Å². The molecule has 0 saturated carbocycles. The summed E-state index contributed by atoms with van der Waals surface area (Å²) in [6, 6.07) is 12.2. The van der Waals surface area contributed by atoms with Gasteiger partial charge in [-0.15, -0.1) is 0 Å². The molecule has 2 aliphatic heterocycles. The van der Waals surface area contributed by atoms with Gasteiger partial charge in [0.2, 0.25) is 5.91 Å². The van der Waals surface area contributed by atoms with Gasteiger partial charge in [-0.1, -0.05) is 18.2 Å². The Morgan fingerprint density at radius 2 is 2.06 bits per heavy atom. The molecule has 0 radical (unpaired) electrons. The molecule has 35 heavy (non-hydrogen) atoms. The Morgan fingerprint density at radius 3 is 2.83 bits per heavy atom. The molecule has 1 fully saturated rings. The van der Waals surface area contributed by atoms with Crippen molar-refractivity contribution in [3.8, 4) is 11.5 Å². The number of amides is 4. The Hall–Kier alpha value is -4.01. The molecule has 0 aliphatic carbocycles. The molecule has 2 N–H and O–H groups in total. The molecule has 5 rings (SSSR count). The third-order valence-electron chi connectivity index (χ3n) is 6.35. The van der Waals surface area contributed by atoms with Crippen LogP contribution in [-0.2, 0) is 28.1 Å². The van der Waals surface area contributed by atoms with E-state index in [2.05, 4.69) is 10.6 Å². The van der Waals surface area contributed by atoms with Crippen molar-refractivity contribution in [2.45, 2.75) is 45.4 Å². The zero-order valence-corrected chi connectivity index (χ0v) is 19.8. The fourth-order valence-corrected chi connectivity index (χ4v) is 4.54. The minimum Gasteiger partial charge on any atom is -0.494 e. The van der Waals surface area contributed by atoms with Crippen molar-refractivity contribution < 1.29 is 28.3 Å².